The van der Waals surface area contributed by atoms with Crippen LogP contribution in [0.3, 0.4) is 0 Å². The van der Waals surface area contributed by atoms with E-state index in [-0.39, 0.29) is 0 Å². The van der Waals surface area contributed by atoms with E-state index >= 15 is 0 Å². The topological polar surface area (TPSA) is 28.4 Å². The summed E-state index contributed by atoms with van der Waals surface area (Å²) >= 11 is 0. The van der Waals surface area contributed by atoms with E-state index in [0.29, 0.717) is 0 Å². The van der Waals surface area contributed by atoms with E-state index in [1.807, 2.05) is 6.26 Å². The Morgan fingerprint density at radius 3 is 3.12 bits per heavy atom. The van der Waals surface area contributed by atoms with Gasteiger partial charge in [-0.25, -0.2) is 0 Å². The molecule has 0 bridgehead atoms. The third kappa shape index (κ3) is 4.02. The minimum absolute atomic E-state index is 0.914. The molecule has 0 fully saturated rings. The van der Waals surface area contributed by atoms with Crippen molar-refractivity contribution in [2.24, 2.45) is 0 Å². The standard InChI is InChI=1S/C14H22N2O/c1-2-6-15-10-13-9-14(17-12-13)11-16-7-4-3-5-8-16/h3-4,9,12,15H,2,5-8,10-11H2,1H3. The molecule has 2 rings (SSSR count). The number of rotatable bonds is 6. The van der Waals surface area contributed by atoms with Crippen LogP contribution in [-0.4, -0.2) is 24.5 Å². The molecule has 1 aliphatic rings. The van der Waals surface area contributed by atoms with Crippen LogP contribution in [0, 0.1) is 0 Å². The predicted octanol–water partition coefficient (Wildman–Crippen LogP) is 2.54. The zero-order valence-corrected chi connectivity index (χ0v) is 10.6. The van der Waals surface area contributed by atoms with Gasteiger partial charge in [0, 0.05) is 25.2 Å². The SMILES string of the molecule is CCCNCc1coc(CN2CC=CCC2)c1. The van der Waals surface area contributed by atoms with E-state index in [2.05, 4.69) is 35.4 Å². The maximum Gasteiger partial charge on any atom is 0.118 e. The summed E-state index contributed by atoms with van der Waals surface area (Å²) in [6.07, 6.45) is 8.68. The maximum absolute atomic E-state index is 5.59. The Morgan fingerprint density at radius 2 is 2.35 bits per heavy atom. The summed E-state index contributed by atoms with van der Waals surface area (Å²) in [6.45, 7) is 7.27. The van der Waals surface area contributed by atoms with E-state index < -0.39 is 0 Å². The molecule has 3 nitrogen and oxygen atoms in total. The molecule has 0 radical (unpaired) electrons. The monoisotopic (exact) mass is 234 g/mol. The lowest BCUT2D eigenvalue weighted by Crippen LogP contribution is -2.26. The Morgan fingerprint density at radius 1 is 1.41 bits per heavy atom. The first-order valence-corrected chi connectivity index (χ1v) is 6.53. The largest absolute Gasteiger partial charge is 0.468 e. The van der Waals surface area contributed by atoms with Gasteiger partial charge < -0.3 is 9.73 Å². The van der Waals surface area contributed by atoms with Gasteiger partial charge in [-0.1, -0.05) is 19.1 Å². The average Bonchev–Trinajstić information content (AvgIpc) is 2.79. The van der Waals surface area contributed by atoms with Crippen molar-refractivity contribution in [3.63, 3.8) is 0 Å². The van der Waals surface area contributed by atoms with Crippen molar-refractivity contribution in [3.05, 3.63) is 35.8 Å². The molecule has 0 aliphatic carbocycles. The molecule has 0 unspecified atom stereocenters. The van der Waals surface area contributed by atoms with Crippen LogP contribution in [0.5, 0.6) is 0 Å². The van der Waals surface area contributed by atoms with Crippen molar-refractivity contribution < 1.29 is 4.42 Å². The number of furan rings is 1. The molecular formula is C14H22N2O. The third-order valence-corrected chi connectivity index (χ3v) is 2.99. The lowest BCUT2D eigenvalue weighted by atomic mass is 10.2. The fourth-order valence-corrected chi connectivity index (χ4v) is 2.07. The van der Waals surface area contributed by atoms with Crippen LogP contribution in [0.1, 0.15) is 31.1 Å². The lowest BCUT2D eigenvalue weighted by Gasteiger charge is -2.21. The van der Waals surface area contributed by atoms with E-state index in [1.165, 1.54) is 12.0 Å². The molecule has 1 N–H and O–H groups in total. The van der Waals surface area contributed by atoms with Gasteiger partial charge in [0.05, 0.1) is 12.8 Å². The van der Waals surface area contributed by atoms with Crippen molar-refractivity contribution in [1.29, 1.82) is 0 Å². The zero-order chi connectivity index (χ0) is 11.9. The fraction of sp³-hybridized carbons (Fsp3) is 0.571. The number of hydrogen-bond acceptors (Lipinski definition) is 3. The summed E-state index contributed by atoms with van der Waals surface area (Å²) in [7, 11) is 0. The van der Waals surface area contributed by atoms with E-state index in [1.54, 1.807) is 0 Å². The van der Waals surface area contributed by atoms with Crippen LogP contribution >= 0.6 is 0 Å². The second-order valence-electron chi connectivity index (χ2n) is 4.59. The van der Waals surface area contributed by atoms with E-state index in [0.717, 1.165) is 44.9 Å². The summed E-state index contributed by atoms with van der Waals surface area (Å²) in [4.78, 5) is 2.40. The van der Waals surface area contributed by atoms with E-state index in [4.69, 9.17) is 4.42 Å². The van der Waals surface area contributed by atoms with Crippen molar-refractivity contribution >= 4 is 0 Å². The Bertz CT molecular complexity index is 357. The normalized spacial score (nSPS) is 16.5. The minimum atomic E-state index is 0.914. The third-order valence-electron chi connectivity index (χ3n) is 2.99. The Hall–Kier alpha value is -1.06. The molecule has 1 aliphatic heterocycles. The number of hydrogen-bond donors (Lipinski definition) is 1. The van der Waals surface area contributed by atoms with Crippen LogP contribution in [0.25, 0.3) is 0 Å². The summed E-state index contributed by atoms with van der Waals surface area (Å²) in [5.74, 6) is 1.08. The molecule has 94 valence electrons. The minimum Gasteiger partial charge on any atom is -0.468 e. The van der Waals surface area contributed by atoms with Gasteiger partial charge in [-0.15, -0.1) is 0 Å². The van der Waals surface area contributed by atoms with Crippen molar-refractivity contribution in [3.8, 4) is 0 Å². The highest BCUT2D eigenvalue weighted by molar-refractivity contribution is 5.13. The second-order valence-corrected chi connectivity index (χ2v) is 4.59. The van der Waals surface area contributed by atoms with Crippen molar-refractivity contribution in [2.45, 2.75) is 32.9 Å². The molecule has 3 heteroatoms. The van der Waals surface area contributed by atoms with Gasteiger partial charge in [0.25, 0.3) is 0 Å². The number of nitrogens with zero attached hydrogens (tertiary/aromatic N) is 1. The smallest absolute Gasteiger partial charge is 0.118 e. The fourth-order valence-electron chi connectivity index (χ4n) is 2.07. The summed E-state index contributed by atoms with van der Waals surface area (Å²) in [5, 5.41) is 3.38. The molecule has 0 saturated carbocycles. The van der Waals surface area contributed by atoms with Gasteiger partial charge in [-0.3, -0.25) is 4.90 Å². The van der Waals surface area contributed by atoms with Gasteiger partial charge in [-0.2, -0.15) is 0 Å². The van der Waals surface area contributed by atoms with Gasteiger partial charge in [0.15, 0.2) is 0 Å². The Kier molecular flexibility index (Phi) is 4.83. The second kappa shape index (κ2) is 6.62. The lowest BCUT2D eigenvalue weighted by molar-refractivity contribution is 0.265. The molecule has 0 spiro atoms. The Labute approximate surface area is 103 Å². The predicted molar refractivity (Wildman–Crippen MR) is 69.7 cm³/mol. The molecule has 0 aromatic carbocycles. The first kappa shape index (κ1) is 12.4. The molecule has 1 aromatic heterocycles. The summed E-state index contributed by atoms with van der Waals surface area (Å²) < 4.78 is 5.59. The first-order chi connectivity index (χ1) is 8.38. The molecular weight excluding hydrogens is 212 g/mol. The highest BCUT2D eigenvalue weighted by Crippen LogP contribution is 2.12. The van der Waals surface area contributed by atoms with E-state index in [9.17, 15) is 0 Å². The Balaban J connectivity index is 1.79. The highest BCUT2D eigenvalue weighted by Gasteiger charge is 2.09. The van der Waals surface area contributed by atoms with Crippen molar-refractivity contribution in [2.75, 3.05) is 19.6 Å². The summed E-state index contributed by atoms with van der Waals surface area (Å²) in [5.41, 5.74) is 1.25. The quantitative estimate of drug-likeness (QED) is 0.605. The van der Waals surface area contributed by atoms with Crippen LogP contribution in [0.2, 0.25) is 0 Å². The highest BCUT2D eigenvalue weighted by atomic mass is 16.3. The molecule has 0 atom stereocenters. The molecule has 1 aromatic rings. The molecule has 0 saturated heterocycles. The molecule has 0 amide bonds. The zero-order valence-electron chi connectivity index (χ0n) is 10.6. The average molecular weight is 234 g/mol. The van der Waals surface area contributed by atoms with Gasteiger partial charge in [0.1, 0.15) is 5.76 Å². The summed E-state index contributed by atoms with van der Waals surface area (Å²) in [6, 6.07) is 2.17. The first-order valence-electron chi connectivity index (χ1n) is 6.53. The molecule has 17 heavy (non-hydrogen) atoms. The van der Waals surface area contributed by atoms with Crippen LogP contribution in [0.4, 0.5) is 0 Å². The van der Waals surface area contributed by atoms with Gasteiger partial charge >= 0.3 is 0 Å². The van der Waals surface area contributed by atoms with Crippen LogP contribution in [-0.2, 0) is 13.1 Å². The maximum atomic E-state index is 5.59. The molecule has 2 heterocycles. The van der Waals surface area contributed by atoms with Crippen molar-refractivity contribution in [1.82, 2.24) is 10.2 Å². The van der Waals surface area contributed by atoms with Crippen LogP contribution in [0.15, 0.2) is 28.9 Å². The number of nitrogens with one attached hydrogen (secondary N) is 1. The van der Waals surface area contributed by atoms with Gasteiger partial charge in [-0.05, 0) is 25.5 Å². The van der Waals surface area contributed by atoms with Crippen LogP contribution < -0.4 is 5.32 Å². The van der Waals surface area contributed by atoms with Gasteiger partial charge in [0.2, 0.25) is 0 Å².